The number of nitrogens with zero attached hydrogens (tertiary/aromatic N) is 2. The van der Waals surface area contributed by atoms with E-state index in [1.54, 1.807) is 6.92 Å². The molecule has 0 radical (unpaired) electrons. The first-order valence-corrected chi connectivity index (χ1v) is 6.10. The Kier molecular flexibility index (Phi) is 5.27. The van der Waals surface area contributed by atoms with Crippen LogP contribution in [0.4, 0.5) is 0 Å². The summed E-state index contributed by atoms with van der Waals surface area (Å²) in [5.74, 6) is 1.02. The fourth-order valence-electron chi connectivity index (χ4n) is 1.48. The number of rotatable bonds is 7. The lowest BCUT2D eigenvalue weighted by Gasteiger charge is -2.23. The smallest absolute Gasteiger partial charge is 0.227 e. The molecule has 0 fully saturated rings. The third-order valence-corrected chi connectivity index (χ3v) is 2.69. The molecule has 6 nitrogen and oxygen atoms in total. The van der Waals surface area contributed by atoms with Crippen LogP contribution in [-0.2, 0) is 11.2 Å². The second kappa shape index (κ2) is 6.49. The van der Waals surface area contributed by atoms with E-state index in [0.29, 0.717) is 37.5 Å². The Labute approximate surface area is 107 Å². The van der Waals surface area contributed by atoms with Crippen LogP contribution in [0, 0.1) is 12.3 Å². The summed E-state index contributed by atoms with van der Waals surface area (Å²) in [5.41, 5.74) is -0.0918. The fourth-order valence-corrected chi connectivity index (χ4v) is 1.48. The van der Waals surface area contributed by atoms with E-state index in [2.05, 4.69) is 15.5 Å². The van der Waals surface area contributed by atoms with Crippen LogP contribution < -0.4 is 5.32 Å². The molecule has 0 atom stereocenters. The summed E-state index contributed by atoms with van der Waals surface area (Å²) in [6, 6.07) is 0. The maximum absolute atomic E-state index is 11.6. The Morgan fingerprint density at radius 2 is 2.22 bits per heavy atom. The van der Waals surface area contributed by atoms with Crippen molar-refractivity contribution >= 4 is 5.91 Å². The molecule has 0 aliphatic carbocycles. The normalized spacial score (nSPS) is 11.6. The molecule has 102 valence electrons. The SMILES string of the molecule is Cc1noc(CCC(=O)NCC(C)(C)CCO)n1. The van der Waals surface area contributed by atoms with Gasteiger partial charge in [0.15, 0.2) is 5.82 Å². The van der Waals surface area contributed by atoms with Crippen LogP contribution in [-0.4, -0.2) is 34.3 Å². The first-order valence-electron chi connectivity index (χ1n) is 6.10. The van der Waals surface area contributed by atoms with Crippen molar-refractivity contribution in [3.05, 3.63) is 11.7 Å². The zero-order valence-electron chi connectivity index (χ0n) is 11.2. The number of carbonyl (C=O) groups is 1. The largest absolute Gasteiger partial charge is 0.396 e. The summed E-state index contributed by atoms with van der Waals surface area (Å²) in [7, 11) is 0. The van der Waals surface area contributed by atoms with Crippen molar-refractivity contribution in [2.75, 3.05) is 13.2 Å². The van der Waals surface area contributed by atoms with Gasteiger partial charge in [-0.05, 0) is 18.8 Å². The van der Waals surface area contributed by atoms with E-state index in [0.717, 1.165) is 0 Å². The lowest BCUT2D eigenvalue weighted by atomic mass is 9.90. The van der Waals surface area contributed by atoms with Crippen LogP contribution in [0.3, 0.4) is 0 Å². The quantitative estimate of drug-likeness (QED) is 0.753. The number of carbonyl (C=O) groups excluding carboxylic acids is 1. The molecule has 0 saturated carbocycles. The molecule has 6 heteroatoms. The van der Waals surface area contributed by atoms with Gasteiger partial charge in [0.25, 0.3) is 0 Å². The minimum Gasteiger partial charge on any atom is -0.396 e. The molecule has 1 aromatic rings. The molecule has 0 saturated heterocycles. The van der Waals surface area contributed by atoms with Crippen molar-refractivity contribution < 1.29 is 14.4 Å². The Morgan fingerprint density at radius 3 is 2.78 bits per heavy atom. The van der Waals surface area contributed by atoms with Gasteiger partial charge in [0.05, 0.1) is 0 Å². The summed E-state index contributed by atoms with van der Waals surface area (Å²) < 4.78 is 4.92. The van der Waals surface area contributed by atoms with E-state index in [4.69, 9.17) is 9.63 Å². The molecule has 18 heavy (non-hydrogen) atoms. The third-order valence-electron chi connectivity index (χ3n) is 2.69. The average molecular weight is 255 g/mol. The summed E-state index contributed by atoms with van der Waals surface area (Å²) >= 11 is 0. The topological polar surface area (TPSA) is 88.2 Å². The van der Waals surface area contributed by atoms with Crippen LogP contribution >= 0.6 is 0 Å². The number of aliphatic hydroxyl groups excluding tert-OH is 1. The fraction of sp³-hybridized carbons (Fsp3) is 0.750. The maximum atomic E-state index is 11.6. The van der Waals surface area contributed by atoms with E-state index in [1.165, 1.54) is 0 Å². The van der Waals surface area contributed by atoms with Crippen LogP contribution in [0.25, 0.3) is 0 Å². The molecule has 1 aromatic heterocycles. The van der Waals surface area contributed by atoms with Gasteiger partial charge in [-0.25, -0.2) is 0 Å². The summed E-state index contributed by atoms with van der Waals surface area (Å²) in [6.07, 6.45) is 1.44. The summed E-state index contributed by atoms with van der Waals surface area (Å²) in [6.45, 7) is 6.43. The maximum Gasteiger partial charge on any atom is 0.227 e. The second-order valence-corrected chi connectivity index (χ2v) is 5.15. The van der Waals surface area contributed by atoms with Crippen LogP contribution in [0.2, 0.25) is 0 Å². The first-order chi connectivity index (χ1) is 8.43. The average Bonchev–Trinajstić information content (AvgIpc) is 2.70. The lowest BCUT2D eigenvalue weighted by Crippen LogP contribution is -2.34. The van der Waals surface area contributed by atoms with Gasteiger partial charge in [-0.2, -0.15) is 4.98 Å². The predicted octanol–water partition coefficient (Wildman–Crippen LogP) is 0.835. The molecule has 2 N–H and O–H groups in total. The highest BCUT2D eigenvalue weighted by Gasteiger charge is 2.18. The summed E-state index contributed by atoms with van der Waals surface area (Å²) in [4.78, 5) is 15.6. The van der Waals surface area contributed by atoms with Gasteiger partial charge in [-0.15, -0.1) is 0 Å². The van der Waals surface area contributed by atoms with Crippen molar-refractivity contribution in [1.29, 1.82) is 0 Å². The number of aryl methyl sites for hydroxylation is 2. The van der Waals surface area contributed by atoms with Gasteiger partial charge in [0.1, 0.15) is 0 Å². The molecule has 1 rings (SSSR count). The van der Waals surface area contributed by atoms with E-state index in [1.807, 2.05) is 13.8 Å². The Balaban J connectivity index is 2.26. The van der Waals surface area contributed by atoms with Crippen molar-refractivity contribution in [3.8, 4) is 0 Å². The van der Waals surface area contributed by atoms with Crippen molar-refractivity contribution in [1.82, 2.24) is 15.5 Å². The molecule has 0 unspecified atom stereocenters. The van der Waals surface area contributed by atoms with Gasteiger partial charge in [0.2, 0.25) is 11.8 Å². The Morgan fingerprint density at radius 1 is 1.50 bits per heavy atom. The standard InChI is InChI=1S/C12H21N3O3/c1-9-14-11(18-15-9)5-4-10(17)13-8-12(2,3)6-7-16/h16H,4-8H2,1-3H3,(H,13,17). The van der Waals surface area contributed by atoms with Crippen molar-refractivity contribution in [2.45, 2.75) is 40.0 Å². The highest BCUT2D eigenvalue weighted by atomic mass is 16.5. The molecular weight excluding hydrogens is 234 g/mol. The number of amides is 1. The van der Waals surface area contributed by atoms with Gasteiger partial charge in [-0.3, -0.25) is 4.79 Å². The molecule has 0 spiro atoms. The molecule has 0 aliphatic heterocycles. The molecule has 0 bridgehead atoms. The first kappa shape index (κ1) is 14.6. The molecule has 1 heterocycles. The lowest BCUT2D eigenvalue weighted by molar-refractivity contribution is -0.121. The van der Waals surface area contributed by atoms with E-state index in [9.17, 15) is 4.79 Å². The Hall–Kier alpha value is -1.43. The Bertz CT molecular complexity index is 388. The minimum atomic E-state index is -0.0918. The van der Waals surface area contributed by atoms with E-state index < -0.39 is 0 Å². The van der Waals surface area contributed by atoms with E-state index >= 15 is 0 Å². The van der Waals surface area contributed by atoms with E-state index in [-0.39, 0.29) is 17.9 Å². The van der Waals surface area contributed by atoms with Crippen LogP contribution in [0.5, 0.6) is 0 Å². The zero-order valence-corrected chi connectivity index (χ0v) is 11.2. The minimum absolute atomic E-state index is 0.0446. The summed E-state index contributed by atoms with van der Waals surface area (Å²) in [5, 5.41) is 15.4. The van der Waals surface area contributed by atoms with Crippen molar-refractivity contribution in [2.24, 2.45) is 5.41 Å². The number of aromatic nitrogens is 2. The monoisotopic (exact) mass is 255 g/mol. The van der Waals surface area contributed by atoms with Gasteiger partial charge < -0.3 is 14.9 Å². The highest BCUT2D eigenvalue weighted by molar-refractivity contribution is 5.76. The van der Waals surface area contributed by atoms with Crippen molar-refractivity contribution in [3.63, 3.8) is 0 Å². The molecule has 0 aromatic carbocycles. The van der Waals surface area contributed by atoms with Crippen LogP contribution in [0.15, 0.2) is 4.52 Å². The number of aliphatic hydroxyl groups is 1. The van der Waals surface area contributed by atoms with Gasteiger partial charge in [0, 0.05) is 26.0 Å². The molecule has 1 amide bonds. The molecular formula is C12H21N3O3. The third kappa shape index (κ3) is 5.27. The number of hydrogen-bond donors (Lipinski definition) is 2. The number of nitrogens with one attached hydrogen (secondary N) is 1. The van der Waals surface area contributed by atoms with Gasteiger partial charge >= 0.3 is 0 Å². The zero-order chi connectivity index (χ0) is 13.6. The second-order valence-electron chi connectivity index (χ2n) is 5.15. The van der Waals surface area contributed by atoms with Gasteiger partial charge in [-0.1, -0.05) is 19.0 Å². The predicted molar refractivity (Wildman–Crippen MR) is 65.8 cm³/mol. The van der Waals surface area contributed by atoms with Crippen LogP contribution in [0.1, 0.15) is 38.4 Å². The molecule has 0 aliphatic rings. The number of hydrogen-bond acceptors (Lipinski definition) is 5. The highest BCUT2D eigenvalue weighted by Crippen LogP contribution is 2.17.